The molecule has 0 spiro atoms. The second-order valence-electron chi connectivity index (χ2n) is 4.75. The molecule has 0 aliphatic carbocycles. The quantitative estimate of drug-likeness (QED) is 0.422. The molecule has 1 fully saturated rings. The Kier molecular flexibility index (Phi) is 3.86. The fourth-order valence-electron chi connectivity index (χ4n) is 2.74. The van der Waals surface area contributed by atoms with Crippen molar-refractivity contribution < 1.29 is 24.4 Å². The predicted octanol–water partition coefficient (Wildman–Crippen LogP) is -1.40. The number of amides is 1. The number of carbonyl (C=O) groups excluding carboxylic acids is 1. The second-order valence-corrected chi connectivity index (χ2v) is 6.26. The number of aliphatic carboxylic acids is 1. The van der Waals surface area contributed by atoms with Gasteiger partial charge in [0, 0.05) is 5.57 Å². The maximum Gasteiger partial charge on any atom is 0.352 e. The molecule has 4 unspecified atom stereocenters. The number of hydrogen-bond donors (Lipinski definition) is 3. The summed E-state index contributed by atoms with van der Waals surface area (Å²) in [5, 5.41) is 18.7. The lowest BCUT2D eigenvalue weighted by molar-refractivity contribution is -0.161. The lowest BCUT2D eigenvalue weighted by Gasteiger charge is -2.44. The number of β-lactam (4-membered cyclic amide) rings is 1. The highest BCUT2D eigenvalue weighted by atomic mass is 32.2. The third kappa shape index (κ3) is 2.25. The minimum atomic E-state index is -1.33. The van der Waals surface area contributed by atoms with Crippen molar-refractivity contribution in [1.82, 2.24) is 4.90 Å². The third-order valence-electron chi connectivity index (χ3n) is 3.54. The van der Waals surface area contributed by atoms with Crippen LogP contribution in [0.1, 0.15) is 13.3 Å². The second kappa shape index (κ2) is 5.12. The monoisotopic (exact) mass is 288 g/mol. The molecule has 0 radical (unpaired) electrons. The van der Waals surface area contributed by atoms with Gasteiger partial charge in [-0.05, 0) is 24.5 Å². The lowest BCUT2D eigenvalue weighted by Crippen LogP contribution is -2.61. The highest BCUT2D eigenvalue weighted by Gasteiger charge is 2.56. The summed E-state index contributed by atoms with van der Waals surface area (Å²) in [6.45, 7) is 1.51. The summed E-state index contributed by atoms with van der Waals surface area (Å²) >= 11 is -1.33. The Labute approximate surface area is 113 Å². The Morgan fingerprint density at radius 2 is 2.32 bits per heavy atom. The first-order chi connectivity index (χ1) is 8.88. The summed E-state index contributed by atoms with van der Waals surface area (Å²) in [6, 6.07) is -0.330. The number of hydrogen-bond acceptors (Lipinski definition) is 5. The Morgan fingerprint density at radius 3 is 2.79 bits per heavy atom. The molecule has 0 aromatic rings. The van der Waals surface area contributed by atoms with E-state index in [4.69, 9.17) is 5.73 Å². The summed E-state index contributed by atoms with van der Waals surface area (Å²) in [6.07, 6.45) is -0.475. The van der Waals surface area contributed by atoms with Crippen molar-refractivity contribution in [3.8, 4) is 0 Å². The van der Waals surface area contributed by atoms with Crippen LogP contribution in [0.2, 0.25) is 0 Å². The van der Waals surface area contributed by atoms with Crippen molar-refractivity contribution in [1.29, 1.82) is 0 Å². The molecule has 106 valence electrons. The first kappa shape index (κ1) is 14.3. The van der Waals surface area contributed by atoms with E-state index in [1.807, 2.05) is 0 Å². The van der Waals surface area contributed by atoms with Crippen LogP contribution in [0.3, 0.4) is 0 Å². The van der Waals surface area contributed by atoms with Gasteiger partial charge in [0.25, 0.3) is 0 Å². The smallest absolute Gasteiger partial charge is 0.352 e. The zero-order valence-corrected chi connectivity index (χ0v) is 11.2. The Bertz CT molecular complexity index is 450. The standard InChI is InChI=1S/C11H16N2O5S/c1-5(14)8-7-2-6(3-19(18)4-12)9(11(16)17)13(7)10(8)15/h5,7-8,14H,2-4,12H2,1H3,(H,16,17). The number of carboxylic acid groups (broad SMARTS) is 1. The highest BCUT2D eigenvalue weighted by molar-refractivity contribution is 7.91. The topological polar surface area (TPSA) is 127 Å². The van der Waals surface area contributed by atoms with E-state index in [2.05, 4.69) is 0 Å². The van der Waals surface area contributed by atoms with Crippen LogP contribution in [0, 0.1) is 5.92 Å². The van der Waals surface area contributed by atoms with Gasteiger partial charge in [0.2, 0.25) is 5.91 Å². The van der Waals surface area contributed by atoms with E-state index in [9.17, 15) is 24.4 Å². The number of rotatable bonds is 5. The van der Waals surface area contributed by atoms with Crippen LogP contribution < -0.4 is 5.73 Å². The summed E-state index contributed by atoms with van der Waals surface area (Å²) in [7, 11) is 0. The van der Waals surface area contributed by atoms with Crippen molar-refractivity contribution >= 4 is 23.1 Å². The van der Waals surface area contributed by atoms with E-state index in [0.717, 1.165) is 0 Å². The fraction of sp³-hybridized carbons (Fsp3) is 0.636. The number of carbonyl (C=O) groups is 2. The molecule has 2 aliphatic rings. The molecule has 0 saturated carbocycles. The van der Waals surface area contributed by atoms with E-state index < -0.39 is 29.2 Å². The molecule has 0 bridgehead atoms. The molecule has 1 amide bonds. The number of nitrogens with zero attached hydrogens (tertiary/aromatic N) is 1. The first-order valence-corrected chi connectivity index (χ1v) is 7.38. The minimum absolute atomic E-state index is 0.0468. The maximum atomic E-state index is 11.9. The Balaban J connectivity index is 2.24. The number of aliphatic hydroxyl groups excluding tert-OH is 1. The third-order valence-corrected chi connectivity index (χ3v) is 4.59. The SMILES string of the molecule is CC(O)C1C(=O)N2C(C(=O)O)=C(C[S+]([O-])CN)CC12. The summed E-state index contributed by atoms with van der Waals surface area (Å²) in [4.78, 5) is 24.3. The average molecular weight is 288 g/mol. The number of fused-ring (bicyclic) bond motifs is 1. The molecule has 19 heavy (non-hydrogen) atoms. The van der Waals surface area contributed by atoms with Crippen LogP contribution in [0.4, 0.5) is 0 Å². The van der Waals surface area contributed by atoms with Gasteiger partial charge >= 0.3 is 5.97 Å². The molecule has 2 heterocycles. The van der Waals surface area contributed by atoms with Gasteiger partial charge in [-0.25, -0.2) is 4.79 Å². The van der Waals surface area contributed by atoms with Crippen LogP contribution >= 0.6 is 0 Å². The van der Waals surface area contributed by atoms with Crippen LogP contribution in [0.5, 0.6) is 0 Å². The number of aliphatic hydroxyl groups is 1. The van der Waals surface area contributed by atoms with Gasteiger partial charge in [-0.3, -0.25) is 10.5 Å². The normalized spacial score (nSPS) is 29.1. The molecule has 2 aliphatic heterocycles. The number of nitrogens with two attached hydrogens (primary N) is 1. The molecule has 0 aromatic heterocycles. The van der Waals surface area contributed by atoms with Gasteiger partial charge in [0.1, 0.15) is 11.4 Å². The molecular formula is C11H16N2O5S. The van der Waals surface area contributed by atoms with Crippen LogP contribution in [-0.2, 0) is 20.8 Å². The van der Waals surface area contributed by atoms with Crippen molar-refractivity contribution in [2.75, 3.05) is 11.6 Å². The van der Waals surface area contributed by atoms with Gasteiger partial charge in [0.15, 0.2) is 5.88 Å². The zero-order valence-electron chi connectivity index (χ0n) is 10.4. The van der Waals surface area contributed by atoms with E-state index >= 15 is 0 Å². The van der Waals surface area contributed by atoms with Crippen molar-refractivity contribution in [3.05, 3.63) is 11.3 Å². The van der Waals surface area contributed by atoms with E-state index in [1.54, 1.807) is 0 Å². The van der Waals surface area contributed by atoms with Gasteiger partial charge in [-0.2, -0.15) is 0 Å². The largest absolute Gasteiger partial charge is 0.615 e. The van der Waals surface area contributed by atoms with Gasteiger partial charge < -0.3 is 19.7 Å². The maximum absolute atomic E-state index is 11.9. The lowest BCUT2D eigenvalue weighted by atomic mass is 9.83. The van der Waals surface area contributed by atoms with E-state index in [1.165, 1.54) is 11.8 Å². The van der Waals surface area contributed by atoms with Crippen molar-refractivity contribution in [2.24, 2.45) is 11.7 Å². The molecular weight excluding hydrogens is 272 g/mol. The number of carboxylic acids is 1. The van der Waals surface area contributed by atoms with Crippen molar-refractivity contribution in [2.45, 2.75) is 25.5 Å². The molecule has 4 atom stereocenters. The molecule has 1 saturated heterocycles. The first-order valence-electron chi connectivity index (χ1n) is 5.90. The van der Waals surface area contributed by atoms with Crippen LogP contribution in [0.25, 0.3) is 0 Å². The molecule has 4 N–H and O–H groups in total. The van der Waals surface area contributed by atoms with Crippen molar-refractivity contribution in [3.63, 3.8) is 0 Å². The summed E-state index contributed by atoms with van der Waals surface area (Å²) < 4.78 is 11.5. The molecule has 7 nitrogen and oxygen atoms in total. The molecule has 2 rings (SSSR count). The average Bonchev–Trinajstić information content (AvgIpc) is 2.63. The van der Waals surface area contributed by atoms with Crippen LogP contribution in [0.15, 0.2) is 11.3 Å². The Hall–Kier alpha value is -1.09. The summed E-state index contributed by atoms with van der Waals surface area (Å²) in [5.41, 5.74) is 5.65. The van der Waals surface area contributed by atoms with Gasteiger partial charge in [-0.15, -0.1) is 0 Å². The molecule has 0 aromatic carbocycles. The molecule has 8 heteroatoms. The Morgan fingerprint density at radius 1 is 1.68 bits per heavy atom. The van der Waals surface area contributed by atoms with E-state index in [0.29, 0.717) is 12.0 Å². The highest BCUT2D eigenvalue weighted by Crippen LogP contribution is 2.43. The van der Waals surface area contributed by atoms with Gasteiger partial charge in [0.05, 0.1) is 18.1 Å². The predicted molar refractivity (Wildman–Crippen MR) is 67.1 cm³/mol. The van der Waals surface area contributed by atoms with Gasteiger partial charge in [-0.1, -0.05) is 0 Å². The zero-order chi connectivity index (χ0) is 14.3. The van der Waals surface area contributed by atoms with Crippen LogP contribution in [-0.4, -0.2) is 55.3 Å². The minimum Gasteiger partial charge on any atom is -0.615 e. The fourth-order valence-corrected chi connectivity index (χ4v) is 3.50. The van der Waals surface area contributed by atoms with E-state index in [-0.39, 0.29) is 29.3 Å². The summed E-state index contributed by atoms with van der Waals surface area (Å²) in [5.74, 6) is -2.15.